The molecule has 1 amide bonds. The standard InChI is InChI=1S/C16H18F2N2O/c1-9-6-16(7-9,8-19)15(21)20-14-3-2-10-4-12(17)13(18)5-11(10)14/h4-5,14H,1-3,6-8,19H2,(H,20,21). The minimum absolute atomic E-state index is 0.111. The van der Waals surface area contributed by atoms with E-state index in [-0.39, 0.29) is 18.5 Å². The Morgan fingerprint density at radius 1 is 1.38 bits per heavy atom. The molecule has 3 rings (SSSR count). The normalized spacial score (nSPS) is 22.6. The Hall–Kier alpha value is -1.75. The molecule has 0 aliphatic heterocycles. The largest absolute Gasteiger partial charge is 0.349 e. The molecule has 0 heterocycles. The minimum Gasteiger partial charge on any atom is -0.349 e. The first-order chi connectivity index (χ1) is 9.95. The van der Waals surface area contributed by atoms with Gasteiger partial charge in [-0.3, -0.25) is 4.79 Å². The van der Waals surface area contributed by atoms with E-state index in [4.69, 9.17) is 5.73 Å². The highest BCUT2D eigenvalue weighted by Crippen LogP contribution is 2.44. The highest BCUT2D eigenvalue weighted by atomic mass is 19.2. The van der Waals surface area contributed by atoms with E-state index in [2.05, 4.69) is 11.9 Å². The van der Waals surface area contributed by atoms with Crippen LogP contribution in [-0.4, -0.2) is 12.5 Å². The monoisotopic (exact) mass is 292 g/mol. The van der Waals surface area contributed by atoms with Crippen LogP contribution in [0, 0.1) is 17.0 Å². The summed E-state index contributed by atoms with van der Waals surface area (Å²) in [6.07, 6.45) is 2.50. The Morgan fingerprint density at radius 3 is 2.67 bits per heavy atom. The van der Waals surface area contributed by atoms with Crippen molar-refractivity contribution in [2.24, 2.45) is 11.1 Å². The Morgan fingerprint density at radius 2 is 2.05 bits per heavy atom. The maximum atomic E-state index is 13.4. The molecule has 1 atom stereocenters. The summed E-state index contributed by atoms with van der Waals surface area (Å²) in [4.78, 5) is 12.4. The number of carbonyl (C=O) groups excluding carboxylic acids is 1. The average molecular weight is 292 g/mol. The number of amides is 1. The average Bonchev–Trinajstić information content (AvgIpc) is 2.78. The maximum Gasteiger partial charge on any atom is 0.228 e. The lowest BCUT2D eigenvalue weighted by Crippen LogP contribution is -2.51. The zero-order valence-corrected chi connectivity index (χ0v) is 11.7. The molecule has 0 bridgehead atoms. The van der Waals surface area contributed by atoms with Crippen LogP contribution in [0.3, 0.4) is 0 Å². The first kappa shape index (κ1) is 14.2. The van der Waals surface area contributed by atoms with Gasteiger partial charge in [-0.05, 0) is 48.9 Å². The molecular formula is C16H18F2N2O. The number of benzene rings is 1. The molecule has 0 radical (unpaired) electrons. The molecule has 1 aromatic carbocycles. The highest BCUT2D eigenvalue weighted by molar-refractivity contribution is 5.85. The second kappa shape index (κ2) is 4.91. The van der Waals surface area contributed by atoms with Crippen LogP contribution in [0.4, 0.5) is 8.78 Å². The number of hydrogen-bond acceptors (Lipinski definition) is 2. The van der Waals surface area contributed by atoms with Crippen molar-refractivity contribution in [3.8, 4) is 0 Å². The molecule has 2 aliphatic carbocycles. The van der Waals surface area contributed by atoms with Crippen LogP contribution in [0.5, 0.6) is 0 Å². The summed E-state index contributed by atoms with van der Waals surface area (Å²) >= 11 is 0. The summed E-state index contributed by atoms with van der Waals surface area (Å²) in [6.45, 7) is 4.12. The Bertz CT molecular complexity index is 619. The number of hydrogen-bond donors (Lipinski definition) is 2. The van der Waals surface area contributed by atoms with Crippen LogP contribution in [0.25, 0.3) is 0 Å². The summed E-state index contributed by atoms with van der Waals surface area (Å²) in [5.74, 6) is -1.82. The molecule has 0 spiro atoms. The smallest absolute Gasteiger partial charge is 0.228 e. The molecular weight excluding hydrogens is 274 g/mol. The first-order valence-electron chi connectivity index (χ1n) is 7.11. The predicted octanol–water partition coefficient (Wildman–Crippen LogP) is 2.36. The third-order valence-corrected chi connectivity index (χ3v) is 4.61. The van der Waals surface area contributed by atoms with Gasteiger partial charge in [-0.25, -0.2) is 8.78 Å². The Labute approximate surface area is 122 Å². The second-order valence-corrected chi connectivity index (χ2v) is 6.12. The van der Waals surface area contributed by atoms with Gasteiger partial charge in [0.15, 0.2) is 11.6 Å². The van der Waals surface area contributed by atoms with Crippen LogP contribution in [-0.2, 0) is 11.2 Å². The lowest BCUT2D eigenvalue weighted by molar-refractivity contribution is -0.133. The predicted molar refractivity (Wildman–Crippen MR) is 75.4 cm³/mol. The van der Waals surface area contributed by atoms with Gasteiger partial charge in [-0.1, -0.05) is 12.2 Å². The number of nitrogens with two attached hydrogens (primary N) is 1. The summed E-state index contributed by atoms with van der Waals surface area (Å²) in [6, 6.07) is 2.15. The molecule has 112 valence electrons. The van der Waals surface area contributed by atoms with Gasteiger partial charge in [0.25, 0.3) is 0 Å². The van der Waals surface area contributed by atoms with Crippen molar-refractivity contribution in [2.75, 3.05) is 6.54 Å². The number of rotatable bonds is 3. The maximum absolute atomic E-state index is 13.4. The summed E-state index contributed by atoms with van der Waals surface area (Å²) in [5, 5.41) is 2.95. The molecule has 1 aromatic rings. The van der Waals surface area contributed by atoms with Crippen LogP contribution in [0.2, 0.25) is 0 Å². The fraction of sp³-hybridized carbons (Fsp3) is 0.438. The molecule has 1 unspecified atom stereocenters. The van der Waals surface area contributed by atoms with Gasteiger partial charge in [-0.2, -0.15) is 0 Å². The van der Waals surface area contributed by atoms with E-state index in [1.165, 1.54) is 12.1 Å². The molecule has 1 fully saturated rings. The third kappa shape index (κ3) is 2.25. The molecule has 1 saturated carbocycles. The fourth-order valence-electron chi connectivity index (χ4n) is 3.36. The highest BCUT2D eigenvalue weighted by Gasteiger charge is 2.46. The van der Waals surface area contributed by atoms with Gasteiger partial charge >= 0.3 is 0 Å². The van der Waals surface area contributed by atoms with Gasteiger partial charge in [0, 0.05) is 6.54 Å². The van der Waals surface area contributed by atoms with E-state index in [9.17, 15) is 13.6 Å². The van der Waals surface area contributed by atoms with Crippen molar-refractivity contribution in [1.82, 2.24) is 5.32 Å². The summed E-state index contributed by atoms with van der Waals surface area (Å²) < 4.78 is 26.6. The lowest BCUT2D eigenvalue weighted by atomic mass is 9.65. The number of halogens is 2. The van der Waals surface area contributed by atoms with Crippen molar-refractivity contribution in [3.05, 3.63) is 47.0 Å². The van der Waals surface area contributed by atoms with Crippen molar-refractivity contribution in [2.45, 2.75) is 31.7 Å². The van der Waals surface area contributed by atoms with Gasteiger partial charge in [0.2, 0.25) is 5.91 Å². The first-order valence-corrected chi connectivity index (χ1v) is 7.11. The van der Waals surface area contributed by atoms with Crippen LogP contribution >= 0.6 is 0 Å². The van der Waals surface area contributed by atoms with E-state index >= 15 is 0 Å². The van der Waals surface area contributed by atoms with E-state index in [0.717, 1.165) is 11.1 Å². The summed E-state index contributed by atoms with van der Waals surface area (Å²) in [5.41, 5.74) is 7.62. The van der Waals surface area contributed by atoms with E-state index < -0.39 is 17.0 Å². The second-order valence-electron chi connectivity index (χ2n) is 6.12. The number of nitrogens with one attached hydrogen (secondary N) is 1. The van der Waals surface area contributed by atoms with Gasteiger partial charge in [0.05, 0.1) is 11.5 Å². The lowest BCUT2D eigenvalue weighted by Gasteiger charge is -2.41. The van der Waals surface area contributed by atoms with Crippen molar-refractivity contribution in [1.29, 1.82) is 0 Å². The van der Waals surface area contributed by atoms with Crippen LogP contribution in [0.1, 0.15) is 36.4 Å². The minimum atomic E-state index is -0.875. The topological polar surface area (TPSA) is 55.1 Å². The van der Waals surface area contributed by atoms with Gasteiger partial charge < -0.3 is 11.1 Å². The number of carbonyl (C=O) groups is 1. The molecule has 21 heavy (non-hydrogen) atoms. The van der Waals surface area contributed by atoms with Crippen LogP contribution in [0.15, 0.2) is 24.3 Å². The number of aryl methyl sites for hydroxylation is 1. The van der Waals surface area contributed by atoms with Crippen molar-refractivity contribution < 1.29 is 13.6 Å². The molecule has 2 aliphatic rings. The zero-order chi connectivity index (χ0) is 15.2. The van der Waals surface area contributed by atoms with E-state index in [1.807, 2.05) is 0 Å². The molecule has 0 saturated heterocycles. The van der Waals surface area contributed by atoms with Crippen molar-refractivity contribution >= 4 is 5.91 Å². The SMILES string of the molecule is C=C1CC(CN)(C(=O)NC2CCc3cc(F)c(F)cc32)C1. The summed E-state index contributed by atoms with van der Waals surface area (Å²) in [7, 11) is 0. The van der Waals surface area contributed by atoms with Gasteiger partial charge in [0.1, 0.15) is 0 Å². The van der Waals surface area contributed by atoms with E-state index in [0.29, 0.717) is 31.2 Å². The Kier molecular flexibility index (Phi) is 3.32. The van der Waals surface area contributed by atoms with Gasteiger partial charge in [-0.15, -0.1) is 0 Å². The molecule has 0 aromatic heterocycles. The molecule has 3 N–H and O–H groups in total. The molecule has 3 nitrogen and oxygen atoms in total. The number of fused-ring (bicyclic) bond motifs is 1. The molecule has 5 heteroatoms. The third-order valence-electron chi connectivity index (χ3n) is 4.61. The Balaban J connectivity index is 1.78. The number of allylic oxidation sites excluding steroid dienone is 1. The van der Waals surface area contributed by atoms with Crippen molar-refractivity contribution in [3.63, 3.8) is 0 Å². The van der Waals surface area contributed by atoms with E-state index in [1.54, 1.807) is 0 Å². The fourth-order valence-corrected chi connectivity index (χ4v) is 3.36. The zero-order valence-electron chi connectivity index (χ0n) is 11.7. The quantitative estimate of drug-likeness (QED) is 0.840. The van der Waals surface area contributed by atoms with Crippen LogP contribution < -0.4 is 11.1 Å².